The molecule has 1 saturated heterocycles. The molecule has 4 rings (SSSR count). The van der Waals surface area contributed by atoms with Crippen LogP contribution in [0.1, 0.15) is 25.6 Å². The van der Waals surface area contributed by atoms with Crippen LogP contribution in [-0.2, 0) is 9.84 Å². The van der Waals surface area contributed by atoms with Crippen molar-refractivity contribution in [3.63, 3.8) is 0 Å². The van der Waals surface area contributed by atoms with E-state index in [2.05, 4.69) is 26.8 Å². The number of nitrogens with two attached hydrogens (primary N) is 1. The first kappa shape index (κ1) is 17.8. The lowest BCUT2D eigenvalue weighted by molar-refractivity contribution is 0.445. The largest absolute Gasteiger partial charge is 0.384 e. The summed E-state index contributed by atoms with van der Waals surface area (Å²) in [5.41, 5.74) is 7.07. The number of piperidine rings is 1. The van der Waals surface area contributed by atoms with Gasteiger partial charge in [-0.25, -0.2) is 18.4 Å². The second kappa shape index (κ2) is 6.53. The summed E-state index contributed by atoms with van der Waals surface area (Å²) in [5, 5.41) is 0. The average molecular weight is 385 g/mol. The number of benzene rings is 1. The summed E-state index contributed by atoms with van der Waals surface area (Å²) in [6, 6.07) is 8.29. The molecule has 2 aromatic heterocycles. The molecule has 0 saturated carbocycles. The summed E-state index contributed by atoms with van der Waals surface area (Å²) in [6.45, 7) is 5.75. The fourth-order valence-corrected chi connectivity index (χ4v) is 5.25. The predicted octanol–water partition coefficient (Wildman–Crippen LogP) is 2.92. The number of rotatable bonds is 3. The van der Waals surface area contributed by atoms with Crippen LogP contribution < -0.4 is 10.6 Å². The van der Waals surface area contributed by atoms with Crippen LogP contribution in [-0.4, -0.2) is 36.5 Å². The summed E-state index contributed by atoms with van der Waals surface area (Å²) in [7, 11) is -3.79. The Hall–Kier alpha value is -2.61. The molecule has 3 aromatic rings. The normalized spacial score (nSPS) is 18.1. The summed E-state index contributed by atoms with van der Waals surface area (Å²) >= 11 is 0. The van der Waals surface area contributed by atoms with Crippen LogP contribution in [0.25, 0.3) is 11.0 Å². The van der Waals surface area contributed by atoms with Crippen molar-refractivity contribution in [3.05, 3.63) is 36.2 Å². The van der Waals surface area contributed by atoms with E-state index in [0.717, 1.165) is 25.3 Å². The van der Waals surface area contributed by atoms with E-state index in [4.69, 9.17) is 5.73 Å². The first-order chi connectivity index (χ1) is 12.9. The number of nitrogens with zero attached hydrogens (tertiary/aromatic N) is 3. The highest BCUT2D eigenvalue weighted by Gasteiger charge is 2.29. The van der Waals surface area contributed by atoms with Gasteiger partial charge < -0.3 is 15.6 Å². The van der Waals surface area contributed by atoms with Gasteiger partial charge in [0.25, 0.3) is 0 Å². The lowest BCUT2D eigenvalue weighted by atomic mass is 10.0. The highest BCUT2D eigenvalue weighted by Crippen LogP contribution is 2.36. The molecule has 142 valence electrons. The molecule has 0 amide bonds. The molecule has 7 nitrogen and oxygen atoms in total. The van der Waals surface area contributed by atoms with Crippen LogP contribution in [0.2, 0.25) is 0 Å². The van der Waals surface area contributed by atoms with Gasteiger partial charge in [-0.15, -0.1) is 0 Å². The number of aromatic amines is 1. The Kier molecular flexibility index (Phi) is 4.30. The van der Waals surface area contributed by atoms with Crippen molar-refractivity contribution in [3.8, 4) is 0 Å². The van der Waals surface area contributed by atoms with Gasteiger partial charge in [-0.2, -0.15) is 0 Å². The van der Waals surface area contributed by atoms with Crippen LogP contribution in [0, 0.1) is 12.8 Å². The second-order valence-electron chi connectivity index (χ2n) is 7.20. The average Bonchev–Trinajstić information content (AvgIpc) is 2.98. The number of H-pyrrole nitrogens is 1. The maximum Gasteiger partial charge on any atom is 0.212 e. The third kappa shape index (κ3) is 3.03. The maximum atomic E-state index is 13.2. The standard InChI is InChI=1S/C19H23N5O2S/c1-12-7-6-10-24(11-12)19-16-15(21-13(2)22-19)17(18(20)23-16)27(25,26)14-8-4-3-5-9-14/h3-5,8-9,12,23H,6-7,10-11,20H2,1-2H3. The molecule has 0 spiro atoms. The maximum absolute atomic E-state index is 13.2. The van der Waals surface area contributed by atoms with Crippen molar-refractivity contribution in [1.82, 2.24) is 15.0 Å². The molecule has 3 heterocycles. The zero-order valence-electron chi connectivity index (χ0n) is 15.4. The minimum Gasteiger partial charge on any atom is -0.384 e. The number of nitrogen functional groups attached to an aromatic ring is 1. The third-order valence-corrected chi connectivity index (χ3v) is 6.84. The zero-order valence-corrected chi connectivity index (χ0v) is 16.3. The SMILES string of the molecule is Cc1nc(N2CCCC(C)C2)c2[nH]c(N)c(S(=O)(=O)c3ccccc3)c2n1. The first-order valence-corrected chi connectivity index (χ1v) is 10.6. The van der Waals surface area contributed by atoms with Gasteiger partial charge in [0.05, 0.1) is 4.90 Å². The molecule has 1 aromatic carbocycles. The van der Waals surface area contributed by atoms with Crippen molar-refractivity contribution in [2.45, 2.75) is 36.5 Å². The Bertz CT molecular complexity index is 1090. The first-order valence-electron chi connectivity index (χ1n) is 9.09. The molecule has 0 bridgehead atoms. The van der Waals surface area contributed by atoms with Gasteiger partial charge in [0.1, 0.15) is 27.6 Å². The van der Waals surface area contributed by atoms with E-state index < -0.39 is 9.84 Å². The fourth-order valence-electron chi connectivity index (χ4n) is 3.76. The van der Waals surface area contributed by atoms with Crippen molar-refractivity contribution in [2.24, 2.45) is 5.92 Å². The van der Waals surface area contributed by atoms with Gasteiger partial charge in [0, 0.05) is 13.1 Å². The summed E-state index contributed by atoms with van der Waals surface area (Å²) in [4.78, 5) is 14.5. The molecule has 3 N–H and O–H groups in total. The van der Waals surface area contributed by atoms with Crippen LogP contribution in [0.5, 0.6) is 0 Å². The van der Waals surface area contributed by atoms with E-state index in [0.29, 0.717) is 22.8 Å². The summed E-state index contributed by atoms with van der Waals surface area (Å²) < 4.78 is 26.4. The Labute approximate surface area is 158 Å². The second-order valence-corrected chi connectivity index (χ2v) is 9.08. The molecule has 1 unspecified atom stereocenters. The number of hydrogen-bond acceptors (Lipinski definition) is 6. The van der Waals surface area contributed by atoms with Crippen molar-refractivity contribution < 1.29 is 8.42 Å². The lowest BCUT2D eigenvalue weighted by Gasteiger charge is -2.32. The van der Waals surface area contributed by atoms with Gasteiger partial charge in [0.15, 0.2) is 5.82 Å². The monoisotopic (exact) mass is 385 g/mol. The zero-order chi connectivity index (χ0) is 19.2. The number of nitrogens with one attached hydrogen (secondary N) is 1. The molecule has 0 aliphatic carbocycles. The van der Waals surface area contributed by atoms with E-state index in [1.54, 1.807) is 37.3 Å². The van der Waals surface area contributed by atoms with E-state index in [9.17, 15) is 8.42 Å². The summed E-state index contributed by atoms with van der Waals surface area (Å²) in [6.07, 6.45) is 2.27. The Morgan fingerprint density at radius 3 is 2.67 bits per heavy atom. The van der Waals surface area contributed by atoms with Crippen molar-refractivity contribution >= 4 is 32.5 Å². The minimum atomic E-state index is -3.79. The number of aryl methyl sites for hydroxylation is 1. The molecule has 27 heavy (non-hydrogen) atoms. The Morgan fingerprint density at radius 1 is 1.22 bits per heavy atom. The fraction of sp³-hybridized carbons (Fsp3) is 0.368. The Morgan fingerprint density at radius 2 is 1.96 bits per heavy atom. The molecule has 1 atom stereocenters. The molecule has 8 heteroatoms. The van der Waals surface area contributed by atoms with Crippen LogP contribution in [0.3, 0.4) is 0 Å². The third-order valence-electron chi connectivity index (χ3n) is 5.00. The minimum absolute atomic E-state index is 0.0282. The van der Waals surface area contributed by atoms with Gasteiger partial charge in [-0.3, -0.25) is 0 Å². The number of anilines is 2. The molecular weight excluding hydrogens is 362 g/mol. The number of hydrogen-bond donors (Lipinski definition) is 2. The topological polar surface area (TPSA) is 105 Å². The van der Waals surface area contributed by atoms with Gasteiger partial charge in [0.2, 0.25) is 9.84 Å². The molecule has 0 radical (unpaired) electrons. The molecular formula is C19H23N5O2S. The number of sulfone groups is 1. The van der Waals surface area contributed by atoms with Crippen molar-refractivity contribution in [2.75, 3.05) is 23.7 Å². The van der Waals surface area contributed by atoms with Crippen LogP contribution >= 0.6 is 0 Å². The van der Waals surface area contributed by atoms with E-state index in [1.165, 1.54) is 6.42 Å². The van der Waals surface area contributed by atoms with Crippen molar-refractivity contribution in [1.29, 1.82) is 0 Å². The highest BCUT2D eigenvalue weighted by molar-refractivity contribution is 7.92. The van der Waals surface area contributed by atoms with Crippen LogP contribution in [0.15, 0.2) is 40.1 Å². The molecule has 1 fully saturated rings. The van der Waals surface area contributed by atoms with E-state index >= 15 is 0 Å². The quantitative estimate of drug-likeness (QED) is 0.718. The highest BCUT2D eigenvalue weighted by atomic mass is 32.2. The molecule has 1 aliphatic heterocycles. The Balaban J connectivity index is 1.93. The van der Waals surface area contributed by atoms with Crippen LogP contribution in [0.4, 0.5) is 11.6 Å². The smallest absolute Gasteiger partial charge is 0.212 e. The van der Waals surface area contributed by atoms with E-state index in [1.807, 2.05) is 0 Å². The predicted molar refractivity (Wildman–Crippen MR) is 106 cm³/mol. The summed E-state index contributed by atoms with van der Waals surface area (Å²) in [5.74, 6) is 1.91. The van der Waals surface area contributed by atoms with Gasteiger partial charge in [-0.05, 0) is 37.8 Å². The molecule has 1 aliphatic rings. The number of aromatic nitrogens is 3. The van der Waals surface area contributed by atoms with E-state index in [-0.39, 0.29) is 15.6 Å². The number of fused-ring (bicyclic) bond motifs is 1. The lowest BCUT2D eigenvalue weighted by Crippen LogP contribution is -2.35. The van der Waals surface area contributed by atoms with Gasteiger partial charge >= 0.3 is 0 Å². The van der Waals surface area contributed by atoms with Gasteiger partial charge in [-0.1, -0.05) is 25.1 Å².